The number of aromatic nitrogens is 2. The van der Waals surface area contributed by atoms with Gasteiger partial charge in [0.1, 0.15) is 0 Å². The SMILES string of the molecule is COC(=O)c1cccc(NC(=O)c2cnn(-c3ccccc3)c2)c1C. The van der Waals surface area contributed by atoms with Crippen LogP contribution in [0, 0.1) is 6.92 Å². The van der Waals surface area contributed by atoms with Gasteiger partial charge in [-0.05, 0) is 36.8 Å². The first kappa shape index (κ1) is 16.4. The molecule has 2 aromatic carbocycles. The molecule has 6 heteroatoms. The second-order valence-electron chi connectivity index (χ2n) is 5.43. The molecular weight excluding hydrogens is 318 g/mol. The molecule has 126 valence electrons. The molecule has 0 aliphatic rings. The van der Waals surface area contributed by atoms with Crippen molar-refractivity contribution in [2.45, 2.75) is 6.92 Å². The van der Waals surface area contributed by atoms with E-state index in [1.807, 2.05) is 30.3 Å². The molecule has 0 spiro atoms. The number of methoxy groups -OCH3 is 1. The first-order chi connectivity index (χ1) is 12.1. The monoisotopic (exact) mass is 335 g/mol. The molecule has 0 aliphatic carbocycles. The lowest BCUT2D eigenvalue weighted by molar-refractivity contribution is 0.0599. The number of amides is 1. The Labute approximate surface area is 145 Å². The van der Waals surface area contributed by atoms with Crippen molar-refractivity contribution in [3.05, 3.63) is 77.6 Å². The van der Waals surface area contributed by atoms with Gasteiger partial charge in [0, 0.05) is 11.9 Å². The summed E-state index contributed by atoms with van der Waals surface area (Å²) < 4.78 is 6.38. The molecule has 0 fully saturated rings. The number of benzene rings is 2. The molecule has 0 saturated carbocycles. The molecule has 0 unspecified atom stereocenters. The fourth-order valence-corrected chi connectivity index (χ4v) is 2.46. The van der Waals surface area contributed by atoms with Crippen LogP contribution in [0.4, 0.5) is 5.69 Å². The normalized spacial score (nSPS) is 10.3. The zero-order chi connectivity index (χ0) is 17.8. The number of carbonyl (C=O) groups is 2. The van der Waals surface area contributed by atoms with E-state index in [-0.39, 0.29) is 5.91 Å². The lowest BCUT2D eigenvalue weighted by Gasteiger charge is -2.10. The molecule has 0 atom stereocenters. The van der Waals surface area contributed by atoms with E-state index < -0.39 is 5.97 Å². The van der Waals surface area contributed by atoms with Crippen LogP contribution in [0.2, 0.25) is 0 Å². The number of para-hydroxylation sites is 1. The van der Waals surface area contributed by atoms with E-state index >= 15 is 0 Å². The van der Waals surface area contributed by atoms with Crippen LogP contribution in [-0.2, 0) is 4.74 Å². The first-order valence-corrected chi connectivity index (χ1v) is 7.69. The van der Waals surface area contributed by atoms with Gasteiger partial charge in [0.2, 0.25) is 0 Å². The smallest absolute Gasteiger partial charge is 0.338 e. The summed E-state index contributed by atoms with van der Waals surface area (Å²) in [5, 5.41) is 7.02. The number of nitrogens with one attached hydrogen (secondary N) is 1. The Hall–Kier alpha value is -3.41. The molecule has 25 heavy (non-hydrogen) atoms. The van der Waals surface area contributed by atoms with Crippen LogP contribution < -0.4 is 5.32 Å². The van der Waals surface area contributed by atoms with E-state index in [4.69, 9.17) is 4.74 Å². The minimum absolute atomic E-state index is 0.299. The summed E-state index contributed by atoms with van der Waals surface area (Å²) in [4.78, 5) is 24.2. The summed E-state index contributed by atoms with van der Waals surface area (Å²) in [5.74, 6) is -0.738. The molecule has 0 saturated heterocycles. The molecule has 3 rings (SSSR count). The van der Waals surface area contributed by atoms with Gasteiger partial charge in [0.15, 0.2) is 0 Å². The van der Waals surface area contributed by atoms with Crippen molar-refractivity contribution in [2.24, 2.45) is 0 Å². The van der Waals surface area contributed by atoms with Crippen LogP contribution in [0.25, 0.3) is 5.69 Å². The van der Waals surface area contributed by atoms with Crippen LogP contribution in [0.1, 0.15) is 26.3 Å². The summed E-state index contributed by atoms with van der Waals surface area (Å²) in [5.41, 5.74) is 2.91. The van der Waals surface area contributed by atoms with Gasteiger partial charge in [-0.3, -0.25) is 4.79 Å². The van der Waals surface area contributed by atoms with Crippen molar-refractivity contribution in [3.63, 3.8) is 0 Å². The summed E-state index contributed by atoms with van der Waals surface area (Å²) in [6.45, 7) is 1.76. The molecule has 0 aliphatic heterocycles. The number of hydrogen-bond acceptors (Lipinski definition) is 4. The molecular formula is C19H17N3O3. The molecule has 3 aromatic rings. The summed E-state index contributed by atoms with van der Waals surface area (Å²) in [6, 6.07) is 14.6. The number of anilines is 1. The van der Waals surface area contributed by atoms with Gasteiger partial charge in [-0.2, -0.15) is 5.10 Å². The lowest BCUT2D eigenvalue weighted by atomic mass is 10.1. The van der Waals surface area contributed by atoms with Crippen LogP contribution in [-0.4, -0.2) is 28.8 Å². The fourth-order valence-electron chi connectivity index (χ4n) is 2.46. The van der Waals surface area contributed by atoms with Gasteiger partial charge in [0.25, 0.3) is 5.91 Å². The topological polar surface area (TPSA) is 73.2 Å². The van der Waals surface area contributed by atoms with Crippen LogP contribution >= 0.6 is 0 Å². The summed E-state index contributed by atoms with van der Waals surface area (Å²) in [7, 11) is 1.32. The average Bonchev–Trinajstić information content (AvgIpc) is 3.14. The van der Waals surface area contributed by atoms with Crippen LogP contribution in [0.5, 0.6) is 0 Å². The van der Waals surface area contributed by atoms with Crippen molar-refractivity contribution in [3.8, 4) is 5.69 Å². The number of rotatable bonds is 4. The third-order valence-electron chi connectivity index (χ3n) is 3.85. The van der Waals surface area contributed by atoms with Crippen molar-refractivity contribution in [1.82, 2.24) is 9.78 Å². The van der Waals surface area contributed by atoms with Gasteiger partial charge >= 0.3 is 5.97 Å². The maximum atomic E-state index is 12.5. The third kappa shape index (κ3) is 3.42. The fraction of sp³-hybridized carbons (Fsp3) is 0.105. The second-order valence-corrected chi connectivity index (χ2v) is 5.43. The Kier molecular flexibility index (Phi) is 4.61. The van der Waals surface area contributed by atoms with E-state index in [1.165, 1.54) is 13.3 Å². The lowest BCUT2D eigenvalue weighted by Crippen LogP contribution is -2.14. The zero-order valence-corrected chi connectivity index (χ0v) is 13.9. The predicted octanol–water partition coefficient (Wildman–Crippen LogP) is 3.22. The highest BCUT2D eigenvalue weighted by molar-refractivity contribution is 6.05. The van der Waals surface area contributed by atoms with Crippen LogP contribution in [0.15, 0.2) is 60.9 Å². The maximum Gasteiger partial charge on any atom is 0.338 e. The van der Waals surface area contributed by atoms with Crippen molar-refractivity contribution in [1.29, 1.82) is 0 Å². The number of ether oxygens (including phenoxy) is 1. The standard InChI is InChI=1S/C19H17N3O3/c1-13-16(19(24)25-2)9-6-10-17(13)21-18(23)14-11-20-22(12-14)15-7-4-3-5-8-15/h3-12H,1-2H3,(H,21,23). The maximum absolute atomic E-state index is 12.5. The number of hydrogen-bond donors (Lipinski definition) is 1. The van der Waals surface area contributed by atoms with Crippen LogP contribution in [0.3, 0.4) is 0 Å². The van der Waals surface area contributed by atoms with E-state index in [0.29, 0.717) is 22.4 Å². The number of carbonyl (C=O) groups excluding carboxylic acids is 2. The summed E-state index contributed by atoms with van der Waals surface area (Å²) in [6.07, 6.45) is 3.16. The third-order valence-corrected chi connectivity index (χ3v) is 3.85. The van der Waals surface area contributed by atoms with Crippen molar-refractivity contribution < 1.29 is 14.3 Å². The minimum Gasteiger partial charge on any atom is -0.465 e. The summed E-state index contributed by atoms with van der Waals surface area (Å²) >= 11 is 0. The predicted molar refractivity (Wildman–Crippen MR) is 94.0 cm³/mol. The average molecular weight is 335 g/mol. The van der Waals surface area contributed by atoms with Gasteiger partial charge in [-0.15, -0.1) is 0 Å². The molecule has 0 bridgehead atoms. The van der Waals surface area contributed by atoms with Gasteiger partial charge in [-0.25, -0.2) is 9.48 Å². The second kappa shape index (κ2) is 7.00. The molecule has 6 nitrogen and oxygen atoms in total. The Balaban J connectivity index is 1.82. The Morgan fingerprint density at radius 2 is 1.84 bits per heavy atom. The van der Waals surface area contributed by atoms with E-state index in [9.17, 15) is 9.59 Å². The van der Waals surface area contributed by atoms with Crippen molar-refractivity contribution >= 4 is 17.6 Å². The Bertz CT molecular complexity index is 917. The molecule has 1 aromatic heterocycles. The van der Waals surface area contributed by atoms with E-state index in [2.05, 4.69) is 10.4 Å². The first-order valence-electron chi connectivity index (χ1n) is 7.69. The zero-order valence-electron chi connectivity index (χ0n) is 13.9. The molecule has 1 N–H and O–H groups in total. The molecule has 1 heterocycles. The highest BCUT2D eigenvalue weighted by Gasteiger charge is 2.15. The quantitative estimate of drug-likeness (QED) is 0.743. The highest BCUT2D eigenvalue weighted by Crippen LogP contribution is 2.20. The van der Waals surface area contributed by atoms with Crippen molar-refractivity contribution in [2.75, 3.05) is 12.4 Å². The molecule has 1 amide bonds. The van der Waals surface area contributed by atoms with Gasteiger partial charge < -0.3 is 10.1 Å². The van der Waals surface area contributed by atoms with Gasteiger partial charge in [-0.1, -0.05) is 24.3 Å². The van der Waals surface area contributed by atoms with Gasteiger partial charge in [0.05, 0.1) is 30.1 Å². The Morgan fingerprint density at radius 3 is 2.56 bits per heavy atom. The highest BCUT2D eigenvalue weighted by atomic mass is 16.5. The molecule has 0 radical (unpaired) electrons. The number of nitrogens with zero attached hydrogens (tertiary/aromatic N) is 2. The van der Waals surface area contributed by atoms with E-state index in [0.717, 1.165) is 5.69 Å². The largest absolute Gasteiger partial charge is 0.465 e. The Morgan fingerprint density at radius 1 is 1.08 bits per heavy atom. The van der Waals surface area contributed by atoms with E-state index in [1.54, 1.807) is 36.0 Å². The number of esters is 1. The minimum atomic E-state index is -0.439.